The summed E-state index contributed by atoms with van der Waals surface area (Å²) >= 11 is 0. The number of nitrogens with zero attached hydrogens (tertiary/aromatic N) is 2. The van der Waals surface area contributed by atoms with Crippen molar-refractivity contribution in [2.75, 3.05) is 19.6 Å². The minimum atomic E-state index is -0.128. The molecule has 0 aliphatic carbocycles. The van der Waals surface area contributed by atoms with E-state index in [0.29, 0.717) is 37.6 Å². The number of aromatic nitrogens is 1. The molecule has 2 amide bonds. The highest BCUT2D eigenvalue weighted by Crippen LogP contribution is 2.21. The highest BCUT2D eigenvalue weighted by Gasteiger charge is 2.28. The first-order valence-corrected chi connectivity index (χ1v) is 10.2. The molecular formula is C22H29N3O4. The van der Waals surface area contributed by atoms with Crippen LogP contribution in [-0.2, 0) is 11.4 Å². The molecule has 1 unspecified atom stereocenters. The normalized spacial score (nSPS) is 16.5. The van der Waals surface area contributed by atoms with Gasteiger partial charge in [0.25, 0.3) is 5.91 Å². The zero-order chi connectivity index (χ0) is 20.8. The molecule has 1 aliphatic rings. The summed E-state index contributed by atoms with van der Waals surface area (Å²) in [6, 6.07) is 7.12. The second-order valence-electron chi connectivity index (χ2n) is 7.50. The maximum atomic E-state index is 12.9. The van der Waals surface area contributed by atoms with E-state index in [-0.39, 0.29) is 17.7 Å². The average Bonchev–Trinajstić information content (AvgIpc) is 3.07. The number of carbonyl (C=O) groups is 2. The molecule has 3 rings (SSSR count). The van der Waals surface area contributed by atoms with E-state index >= 15 is 0 Å². The van der Waals surface area contributed by atoms with Crippen molar-refractivity contribution in [1.82, 2.24) is 15.4 Å². The second-order valence-corrected chi connectivity index (χ2v) is 7.50. The first kappa shape index (κ1) is 20.9. The summed E-state index contributed by atoms with van der Waals surface area (Å²) < 4.78 is 10.9. The van der Waals surface area contributed by atoms with Gasteiger partial charge in [-0.25, -0.2) is 0 Å². The third kappa shape index (κ3) is 5.16. The monoisotopic (exact) mass is 399 g/mol. The van der Waals surface area contributed by atoms with Gasteiger partial charge in [0.05, 0.1) is 17.2 Å². The predicted molar refractivity (Wildman–Crippen MR) is 109 cm³/mol. The van der Waals surface area contributed by atoms with Gasteiger partial charge in [0, 0.05) is 25.2 Å². The van der Waals surface area contributed by atoms with Crippen molar-refractivity contribution in [1.29, 1.82) is 0 Å². The Bertz CT molecular complexity index is 825. The van der Waals surface area contributed by atoms with Gasteiger partial charge in [0.15, 0.2) is 0 Å². The number of amides is 2. The number of ether oxygens (including phenoxy) is 1. The van der Waals surface area contributed by atoms with Gasteiger partial charge < -0.3 is 19.5 Å². The topological polar surface area (TPSA) is 84.7 Å². The van der Waals surface area contributed by atoms with E-state index in [1.165, 1.54) is 0 Å². The number of aryl methyl sites for hydroxylation is 2. The smallest absolute Gasteiger partial charge is 0.253 e. The number of benzene rings is 1. The van der Waals surface area contributed by atoms with Crippen LogP contribution in [0.3, 0.4) is 0 Å². The van der Waals surface area contributed by atoms with E-state index in [9.17, 15) is 9.59 Å². The van der Waals surface area contributed by atoms with E-state index in [2.05, 4.69) is 10.5 Å². The van der Waals surface area contributed by atoms with Crippen LogP contribution in [0.5, 0.6) is 5.75 Å². The lowest BCUT2D eigenvalue weighted by Gasteiger charge is -2.32. The fraction of sp³-hybridized carbons (Fsp3) is 0.500. The molecule has 156 valence electrons. The van der Waals surface area contributed by atoms with Gasteiger partial charge in [-0.15, -0.1) is 0 Å². The third-order valence-electron chi connectivity index (χ3n) is 5.29. The molecule has 1 fully saturated rings. The summed E-state index contributed by atoms with van der Waals surface area (Å²) in [5.41, 5.74) is 2.35. The lowest BCUT2D eigenvalue weighted by Crippen LogP contribution is -2.45. The van der Waals surface area contributed by atoms with Crippen molar-refractivity contribution in [3.05, 3.63) is 46.8 Å². The van der Waals surface area contributed by atoms with Crippen molar-refractivity contribution in [3.63, 3.8) is 0 Å². The van der Waals surface area contributed by atoms with Crippen LogP contribution in [0.1, 0.15) is 53.6 Å². The molecule has 1 aliphatic heterocycles. The summed E-state index contributed by atoms with van der Waals surface area (Å²) in [6.45, 7) is 7.96. The van der Waals surface area contributed by atoms with Crippen LogP contribution in [-0.4, -0.2) is 41.5 Å². The Hall–Kier alpha value is -2.83. The van der Waals surface area contributed by atoms with Crippen LogP contribution in [0.15, 0.2) is 28.8 Å². The standard InChI is InChI=1S/C22H29N3O4/c1-4-11-23-21(26)18-6-5-12-25(13-18)22(27)17-7-9-19(10-8-17)28-14-20-15(2)24-29-16(20)3/h7-10,18H,4-6,11-14H2,1-3H3,(H,23,26). The zero-order valence-electron chi connectivity index (χ0n) is 17.4. The van der Waals surface area contributed by atoms with Crippen LogP contribution >= 0.6 is 0 Å². The highest BCUT2D eigenvalue weighted by atomic mass is 16.5. The van der Waals surface area contributed by atoms with Crippen LogP contribution in [0.25, 0.3) is 0 Å². The largest absolute Gasteiger partial charge is 0.489 e. The number of likely N-dealkylation sites (tertiary alicyclic amines) is 1. The lowest BCUT2D eigenvalue weighted by atomic mass is 9.96. The van der Waals surface area contributed by atoms with Gasteiger partial charge in [-0.1, -0.05) is 12.1 Å². The van der Waals surface area contributed by atoms with E-state index in [4.69, 9.17) is 9.26 Å². The van der Waals surface area contributed by atoms with E-state index in [1.807, 2.05) is 20.8 Å². The molecular weight excluding hydrogens is 370 g/mol. The molecule has 1 N–H and O–H groups in total. The SMILES string of the molecule is CCCNC(=O)C1CCCN(C(=O)c2ccc(OCc3c(C)noc3C)cc2)C1. The molecule has 29 heavy (non-hydrogen) atoms. The maximum Gasteiger partial charge on any atom is 0.253 e. The average molecular weight is 399 g/mol. The van der Waals surface area contributed by atoms with E-state index < -0.39 is 0 Å². The lowest BCUT2D eigenvalue weighted by molar-refractivity contribution is -0.126. The van der Waals surface area contributed by atoms with Crippen LogP contribution in [0.2, 0.25) is 0 Å². The second kappa shape index (κ2) is 9.58. The number of carbonyl (C=O) groups excluding carboxylic acids is 2. The zero-order valence-corrected chi connectivity index (χ0v) is 17.4. The quantitative estimate of drug-likeness (QED) is 0.773. The summed E-state index contributed by atoms with van der Waals surface area (Å²) in [7, 11) is 0. The summed E-state index contributed by atoms with van der Waals surface area (Å²) in [6.07, 6.45) is 2.58. The Morgan fingerprint density at radius 2 is 2.03 bits per heavy atom. The number of rotatable bonds is 7. The molecule has 2 aromatic rings. The van der Waals surface area contributed by atoms with Gasteiger partial charge in [-0.3, -0.25) is 9.59 Å². The number of piperidine rings is 1. The van der Waals surface area contributed by atoms with Crippen molar-refractivity contribution in [2.24, 2.45) is 5.92 Å². The Labute approximate surface area is 171 Å². The Morgan fingerprint density at radius 3 is 2.69 bits per heavy atom. The third-order valence-corrected chi connectivity index (χ3v) is 5.29. The number of nitrogens with one attached hydrogen (secondary N) is 1. The highest BCUT2D eigenvalue weighted by molar-refractivity contribution is 5.94. The minimum absolute atomic E-state index is 0.0461. The van der Waals surface area contributed by atoms with Crippen LogP contribution in [0.4, 0.5) is 0 Å². The predicted octanol–water partition coefficient (Wildman–Crippen LogP) is 3.25. The first-order chi connectivity index (χ1) is 14.0. The fourth-order valence-corrected chi connectivity index (χ4v) is 3.51. The Morgan fingerprint density at radius 1 is 1.28 bits per heavy atom. The first-order valence-electron chi connectivity index (χ1n) is 10.2. The van der Waals surface area contributed by atoms with Crippen LogP contribution in [0, 0.1) is 19.8 Å². The van der Waals surface area contributed by atoms with Crippen molar-refractivity contribution < 1.29 is 18.8 Å². The molecule has 2 heterocycles. The van der Waals surface area contributed by atoms with Gasteiger partial charge in [0.1, 0.15) is 18.1 Å². The van der Waals surface area contributed by atoms with Gasteiger partial charge in [-0.2, -0.15) is 0 Å². The molecule has 7 heteroatoms. The molecule has 1 aromatic carbocycles. The summed E-state index contributed by atoms with van der Waals surface area (Å²) in [4.78, 5) is 26.9. The molecule has 0 bridgehead atoms. The molecule has 0 saturated carbocycles. The van der Waals surface area contributed by atoms with E-state index in [1.54, 1.807) is 29.2 Å². The Balaban J connectivity index is 1.57. The molecule has 0 radical (unpaired) electrons. The molecule has 0 spiro atoms. The number of hydrogen-bond acceptors (Lipinski definition) is 5. The minimum Gasteiger partial charge on any atom is -0.489 e. The summed E-state index contributed by atoms with van der Waals surface area (Å²) in [5.74, 6) is 1.30. The molecule has 7 nitrogen and oxygen atoms in total. The van der Waals surface area contributed by atoms with E-state index in [0.717, 1.165) is 36.3 Å². The number of hydrogen-bond donors (Lipinski definition) is 1. The molecule has 1 saturated heterocycles. The molecule has 1 atom stereocenters. The van der Waals surface area contributed by atoms with Gasteiger partial charge >= 0.3 is 0 Å². The maximum absolute atomic E-state index is 12.9. The van der Waals surface area contributed by atoms with Crippen molar-refractivity contribution >= 4 is 11.8 Å². The Kier molecular flexibility index (Phi) is 6.90. The summed E-state index contributed by atoms with van der Waals surface area (Å²) in [5, 5.41) is 6.86. The van der Waals surface area contributed by atoms with Crippen molar-refractivity contribution in [3.8, 4) is 5.75 Å². The fourth-order valence-electron chi connectivity index (χ4n) is 3.51. The van der Waals surface area contributed by atoms with Gasteiger partial charge in [-0.05, 0) is 57.4 Å². The van der Waals surface area contributed by atoms with Crippen molar-refractivity contribution in [2.45, 2.75) is 46.6 Å². The molecule has 1 aromatic heterocycles. The van der Waals surface area contributed by atoms with Crippen LogP contribution < -0.4 is 10.1 Å². The van der Waals surface area contributed by atoms with Gasteiger partial charge in [0.2, 0.25) is 5.91 Å².